The van der Waals surface area contributed by atoms with Crippen LogP contribution in [-0.4, -0.2) is 23.0 Å². The van der Waals surface area contributed by atoms with Crippen LogP contribution in [0.1, 0.15) is 10.4 Å². The van der Waals surface area contributed by atoms with Crippen molar-refractivity contribution in [3.63, 3.8) is 0 Å². The number of nitrogens with zero attached hydrogens (tertiary/aromatic N) is 1. The number of methoxy groups -OCH3 is 1. The number of carbonyl (C=O) groups excluding carboxylic acids is 1. The Morgan fingerprint density at radius 2 is 1.85 bits per heavy atom. The Kier molecular flexibility index (Phi) is 4.22. The van der Waals surface area contributed by atoms with E-state index in [-0.39, 0.29) is 5.91 Å². The van der Waals surface area contributed by atoms with Gasteiger partial charge in [0.2, 0.25) is 0 Å². The van der Waals surface area contributed by atoms with Crippen LogP contribution < -0.4 is 15.8 Å². The van der Waals surface area contributed by atoms with Gasteiger partial charge in [0.1, 0.15) is 11.6 Å². The van der Waals surface area contributed by atoms with Gasteiger partial charge in [0.25, 0.3) is 5.91 Å². The molecule has 0 saturated heterocycles. The predicted octanol–water partition coefficient (Wildman–Crippen LogP) is 4.07. The minimum Gasteiger partial charge on any atom is -0.497 e. The topological polar surface area (TPSA) is 93.0 Å². The molecule has 0 spiro atoms. The molecule has 0 aliphatic heterocycles. The second-order valence-corrected chi connectivity index (χ2v) is 6.09. The summed E-state index contributed by atoms with van der Waals surface area (Å²) < 4.78 is 5.18. The molecule has 0 atom stereocenters. The molecule has 0 radical (unpaired) electrons. The van der Waals surface area contributed by atoms with E-state index < -0.39 is 0 Å². The maximum Gasteiger partial charge on any atom is 0.257 e. The number of anilines is 2. The Morgan fingerprint density at radius 3 is 2.59 bits per heavy atom. The van der Waals surface area contributed by atoms with Crippen molar-refractivity contribution in [3.05, 3.63) is 72.3 Å². The summed E-state index contributed by atoms with van der Waals surface area (Å²) in [6.45, 7) is 0. The average Bonchev–Trinajstić information content (AvgIpc) is 3.11. The molecule has 0 aliphatic carbocycles. The molecule has 4 rings (SSSR count). The number of H-pyrrole nitrogens is 1. The molecule has 6 heteroatoms. The van der Waals surface area contributed by atoms with Gasteiger partial charge in [-0.3, -0.25) is 4.79 Å². The molecular weight excluding hydrogens is 340 g/mol. The summed E-state index contributed by atoms with van der Waals surface area (Å²) in [5, 5.41) is 2.87. The first-order valence-corrected chi connectivity index (χ1v) is 8.44. The molecular formula is C21H18N4O2. The lowest BCUT2D eigenvalue weighted by Gasteiger charge is -2.07. The predicted molar refractivity (Wildman–Crippen MR) is 107 cm³/mol. The van der Waals surface area contributed by atoms with Gasteiger partial charge in [-0.1, -0.05) is 12.1 Å². The number of nitrogens with two attached hydrogens (primary N) is 1. The van der Waals surface area contributed by atoms with Crippen molar-refractivity contribution in [2.45, 2.75) is 0 Å². The number of aromatic amines is 1. The molecule has 0 saturated carbocycles. The Morgan fingerprint density at radius 1 is 1.07 bits per heavy atom. The quantitative estimate of drug-likeness (QED) is 0.479. The van der Waals surface area contributed by atoms with Crippen molar-refractivity contribution in [2.24, 2.45) is 0 Å². The van der Waals surface area contributed by atoms with Gasteiger partial charge in [-0.05, 0) is 54.6 Å². The monoisotopic (exact) mass is 358 g/mol. The number of benzene rings is 3. The van der Waals surface area contributed by atoms with Gasteiger partial charge >= 0.3 is 0 Å². The number of aromatic nitrogens is 2. The Bertz CT molecular complexity index is 1120. The van der Waals surface area contributed by atoms with E-state index in [4.69, 9.17) is 10.5 Å². The number of carbonyl (C=O) groups is 1. The van der Waals surface area contributed by atoms with E-state index in [2.05, 4.69) is 15.3 Å². The normalized spacial score (nSPS) is 10.7. The summed E-state index contributed by atoms with van der Waals surface area (Å²) in [6, 6.07) is 20.2. The zero-order valence-corrected chi connectivity index (χ0v) is 14.7. The van der Waals surface area contributed by atoms with Crippen molar-refractivity contribution < 1.29 is 9.53 Å². The van der Waals surface area contributed by atoms with Gasteiger partial charge in [0.15, 0.2) is 0 Å². The molecule has 1 heterocycles. The number of nitrogen functional groups attached to an aromatic ring is 1. The summed E-state index contributed by atoms with van der Waals surface area (Å²) in [7, 11) is 1.63. The highest BCUT2D eigenvalue weighted by atomic mass is 16.5. The maximum absolute atomic E-state index is 12.4. The first-order valence-electron chi connectivity index (χ1n) is 8.44. The molecule has 27 heavy (non-hydrogen) atoms. The lowest BCUT2D eigenvalue weighted by atomic mass is 10.1. The van der Waals surface area contributed by atoms with E-state index in [1.807, 2.05) is 42.5 Å². The number of fused-ring (bicyclic) bond motifs is 1. The molecule has 1 amide bonds. The van der Waals surface area contributed by atoms with E-state index in [1.54, 1.807) is 31.4 Å². The molecule has 1 aromatic heterocycles. The minimum atomic E-state index is -0.248. The number of rotatable bonds is 4. The fourth-order valence-electron chi connectivity index (χ4n) is 2.88. The Balaban J connectivity index is 1.60. The summed E-state index contributed by atoms with van der Waals surface area (Å²) in [6.07, 6.45) is 0. The number of imidazole rings is 1. The molecule has 0 bridgehead atoms. The largest absolute Gasteiger partial charge is 0.497 e. The first kappa shape index (κ1) is 16.7. The molecule has 4 N–H and O–H groups in total. The smallest absolute Gasteiger partial charge is 0.257 e. The van der Waals surface area contributed by atoms with Crippen LogP contribution in [0.4, 0.5) is 11.4 Å². The number of hydrogen-bond acceptors (Lipinski definition) is 4. The minimum absolute atomic E-state index is 0.248. The molecule has 3 aromatic carbocycles. The van der Waals surface area contributed by atoms with Gasteiger partial charge in [0, 0.05) is 16.9 Å². The summed E-state index contributed by atoms with van der Waals surface area (Å²) >= 11 is 0. The molecule has 0 unspecified atom stereocenters. The van der Waals surface area contributed by atoms with Gasteiger partial charge in [-0.2, -0.15) is 0 Å². The van der Waals surface area contributed by atoms with Crippen LogP contribution in [0.5, 0.6) is 5.75 Å². The van der Waals surface area contributed by atoms with E-state index in [0.717, 1.165) is 28.2 Å². The Labute approximate surface area is 156 Å². The number of para-hydroxylation sites is 1. The number of hydrogen-bond donors (Lipinski definition) is 3. The van der Waals surface area contributed by atoms with Gasteiger partial charge in [-0.15, -0.1) is 0 Å². The molecule has 0 aliphatic rings. The maximum atomic E-state index is 12.4. The summed E-state index contributed by atoms with van der Waals surface area (Å²) in [4.78, 5) is 20.3. The third-order valence-electron chi connectivity index (χ3n) is 4.31. The lowest BCUT2D eigenvalue weighted by Crippen LogP contribution is -2.13. The molecule has 0 fully saturated rings. The van der Waals surface area contributed by atoms with Crippen LogP contribution >= 0.6 is 0 Å². The second kappa shape index (κ2) is 6.84. The van der Waals surface area contributed by atoms with Crippen LogP contribution in [0.15, 0.2) is 66.7 Å². The van der Waals surface area contributed by atoms with Crippen LogP contribution in [0.2, 0.25) is 0 Å². The highest BCUT2D eigenvalue weighted by molar-refractivity contribution is 6.08. The van der Waals surface area contributed by atoms with Crippen LogP contribution in [0.3, 0.4) is 0 Å². The van der Waals surface area contributed by atoms with Crippen molar-refractivity contribution in [1.82, 2.24) is 9.97 Å². The standard InChI is InChI=1S/C21H18N4O2/c1-27-15-9-6-13(7-10-15)20-24-18-11-8-14(12-19(18)25-20)23-21(26)16-4-2-3-5-17(16)22/h2-12H,22H2,1H3,(H,23,26)(H,24,25). The van der Waals surface area contributed by atoms with Crippen molar-refractivity contribution in [1.29, 1.82) is 0 Å². The van der Waals surface area contributed by atoms with E-state index in [1.165, 1.54) is 0 Å². The third-order valence-corrected chi connectivity index (χ3v) is 4.31. The SMILES string of the molecule is COc1ccc(-c2nc3ccc(NC(=O)c4ccccc4N)cc3[nH]2)cc1. The van der Waals surface area contributed by atoms with E-state index in [0.29, 0.717) is 16.9 Å². The van der Waals surface area contributed by atoms with Gasteiger partial charge in [0.05, 0.1) is 23.7 Å². The number of ether oxygens (including phenoxy) is 1. The fourth-order valence-corrected chi connectivity index (χ4v) is 2.88. The fraction of sp³-hybridized carbons (Fsp3) is 0.0476. The van der Waals surface area contributed by atoms with Gasteiger partial charge in [-0.25, -0.2) is 4.98 Å². The van der Waals surface area contributed by atoms with Crippen molar-refractivity contribution in [3.8, 4) is 17.1 Å². The zero-order valence-electron chi connectivity index (χ0n) is 14.7. The van der Waals surface area contributed by atoms with Crippen LogP contribution in [-0.2, 0) is 0 Å². The highest BCUT2D eigenvalue weighted by Gasteiger charge is 2.11. The third kappa shape index (κ3) is 3.32. The number of amides is 1. The lowest BCUT2D eigenvalue weighted by molar-refractivity contribution is 0.102. The summed E-state index contributed by atoms with van der Waals surface area (Å²) in [5.74, 6) is 1.30. The van der Waals surface area contributed by atoms with Crippen LogP contribution in [0, 0.1) is 0 Å². The van der Waals surface area contributed by atoms with E-state index in [9.17, 15) is 4.79 Å². The highest BCUT2D eigenvalue weighted by Crippen LogP contribution is 2.25. The van der Waals surface area contributed by atoms with Gasteiger partial charge < -0.3 is 20.8 Å². The zero-order chi connectivity index (χ0) is 18.8. The van der Waals surface area contributed by atoms with E-state index >= 15 is 0 Å². The molecule has 4 aromatic rings. The number of nitrogens with one attached hydrogen (secondary N) is 2. The summed E-state index contributed by atoms with van der Waals surface area (Å²) in [5.41, 5.74) is 10.0. The van der Waals surface area contributed by atoms with Crippen molar-refractivity contribution in [2.75, 3.05) is 18.2 Å². The average molecular weight is 358 g/mol. The van der Waals surface area contributed by atoms with Crippen molar-refractivity contribution >= 4 is 28.3 Å². The molecule has 134 valence electrons. The second-order valence-electron chi connectivity index (χ2n) is 6.09. The Hall–Kier alpha value is -3.80. The van der Waals surface area contributed by atoms with Crippen LogP contribution in [0.25, 0.3) is 22.4 Å². The molecule has 6 nitrogen and oxygen atoms in total. The first-order chi connectivity index (χ1) is 13.1.